The lowest BCUT2D eigenvalue weighted by Crippen LogP contribution is -2.62. The van der Waals surface area contributed by atoms with Crippen LogP contribution in [-0.4, -0.2) is 23.7 Å². The summed E-state index contributed by atoms with van der Waals surface area (Å²) in [7, 11) is 0. The first-order valence-electron chi connectivity index (χ1n) is 9.71. The number of allylic oxidation sites excluding steroid dienone is 1. The van der Waals surface area contributed by atoms with E-state index in [4.69, 9.17) is 16.2 Å². The molecule has 1 saturated carbocycles. The van der Waals surface area contributed by atoms with Crippen LogP contribution >= 0.6 is 0 Å². The summed E-state index contributed by atoms with van der Waals surface area (Å²) >= 11 is 0. The highest BCUT2D eigenvalue weighted by molar-refractivity contribution is 6.03. The Morgan fingerprint density at radius 3 is 1.77 bits per heavy atom. The van der Waals surface area contributed by atoms with Gasteiger partial charge in [0.2, 0.25) is 0 Å². The highest BCUT2D eigenvalue weighted by Gasteiger charge is 2.72. The number of carboxylic acids is 1. The average molecular weight is 406 g/mol. The van der Waals surface area contributed by atoms with Gasteiger partial charge in [-0.2, -0.15) is 0 Å². The molecule has 2 atom stereocenters. The van der Waals surface area contributed by atoms with Gasteiger partial charge in [0, 0.05) is 23.2 Å². The summed E-state index contributed by atoms with van der Waals surface area (Å²) in [6.07, 6.45) is 3.71. The fourth-order valence-electron chi connectivity index (χ4n) is 4.70. The first-order chi connectivity index (χ1) is 14.4. The number of nitrogens with two attached hydrogens (primary N) is 2. The van der Waals surface area contributed by atoms with Crippen LogP contribution in [0.2, 0.25) is 0 Å². The lowest BCUT2D eigenvalue weighted by Gasteiger charge is -2.57. The van der Waals surface area contributed by atoms with Crippen LogP contribution < -0.4 is 11.5 Å². The molecule has 0 aromatic heterocycles. The Morgan fingerprint density at radius 1 is 0.933 bits per heavy atom. The van der Waals surface area contributed by atoms with Crippen molar-refractivity contribution in [3.8, 4) is 0 Å². The topological polar surface area (TPSA) is 116 Å². The molecule has 6 heteroatoms. The first kappa shape index (κ1) is 21.2. The van der Waals surface area contributed by atoms with Gasteiger partial charge in [0.05, 0.1) is 0 Å². The second-order valence-electron chi connectivity index (χ2n) is 7.54. The maximum absolute atomic E-state index is 13.3. The van der Waals surface area contributed by atoms with E-state index in [-0.39, 0.29) is 12.5 Å². The lowest BCUT2D eigenvalue weighted by molar-refractivity contribution is -0.187. The zero-order valence-electron chi connectivity index (χ0n) is 16.7. The van der Waals surface area contributed by atoms with Crippen LogP contribution in [0.25, 0.3) is 0 Å². The Balaban J connectivity index is 2.21. The zero-order chi connectivity index (χ0) is 21.9. The molecule has 1 aliphatic carbocycles. The van der Waals surface area contributed by atoms with E-state index in [1.165, 1.54) is 6.08 Å². The van der Waals surface area contributed by atoms with Crippen molar-refractivity contribution in [2.75, 3.05) is 18.1 Å². The van der Waals surface area contributed by atoms with Crippen molar-refractivity contribution in [2.45, 2.75) is 18.3 Å². The molecule has 0 amide bonds. The molecule has 0 saturated heterocycles. The predicted octanol–water partition coefficient (Wildman–Crippen LogP) is 3.72. The standard InChI is InChI=1S/C24H26N2O4/c1-3-5-19-20(15-6-10-17(25)11-7-15)24(22(27)28,23(29)30-14-4-2)21(19)16-8-12-18(26)13-9-16/h3-4,6-13,19-21H,1-2,5,14,25-26H2,(H,27,28). The second kappa shape index (κ2) is 8.45. The summed E-state index contributed by atoms with van der Waals surface area (Å²) in [5, 5.41) is 10.4. The fraction of sp³-hybridized carbons (Fsp3) is 0.250. The number of esters is 1. The third-order valence-corrected chi connectivity index (χ3v) is 5.89. The molecule has 156 valence electrons. The number of aliphatic carboxylic acids is 1. The van der Waals surface area contributed by atoms with Crippen LogP contribution in [0.4, 0.5) is 11.4 Å². The Morgan fingerprint density at radius 2 is 1.40 bits per heavy atom. The Bertz CT molecular complexity index is 897. The van der Waals surface area contributed by atoms with Gasteiger partial charge in [0.25, 0.3) is 0 Å². The molecule has 6 nitrogen and oxygen atoms in total. The third kappa shape index (κ3) is 3.34. The molecule has 2 unspecified atom stereocenters. The van der Waals surface area contributed by atoms with E-state index in [2.05, 4.69) is 13.2 Å². The molecule has 30 heavy (non-hydrogen) atoms. The number of benzene rings is 2. The van der Waals surface area contributed by atoms with E-state index >= 15 is 0 Å². The molecule has 3 rings (SSSR count). The summed E-state index contributed by atoms with van der Waals surface area (Å²) in [6, 6.07) is 13.9. The number of carboxylic acid groups (broad SMARTS) is 1. The molecule has 0 heterocycles. The van der Waals surface area contributed by atoms with E-state index in [9.17, 15) is 14.7 Å². The van der Waals surface area contributed by atoms with Crippen molar-refractivity contribution in [1.82, 2.24) is 0 Å². The van der Waals surface area contributed by atoms with Crippen LogP contribution in [0.3, 0.4) is 0 Å². The predicted molar refractivity (Wildman–Crippen MR) is 117 cm³/mol. The van der Waals surface area contributed by atoms with E-state index in [0.717, 1.165) is 11.1 Å². The fourth-order valence-corrected chi connectivity index (χ4v) is 4.70. The Hall–Kier alpha value is -3.54. The summed E-state index contributed by atoms with van der Waals surface area (Å²) < 4.78 is 5.32. The second-order valence-corrected chi connectivity index (χ2v) is 7.54. The molecule has 1 aliphatic rings. The van der Waals surface area contributed by atoms with Gasteiger partial charge in [-0.25, -0.2) is 0 Å². The van der Waals surface area contributed by atoms with Gasteiger partial charge < -0.3 is 21.3 Å². The number of anilines is 2. The van der Waals surface area contributed by atoms with Crippen LogP contribution in [0.15, 0.2) is 73.8 Å². The lowest BCUT2D eigenvalue weighted by atomic mass is 9.42. The summed E-state index contributed by atoms with van der Waals surface area (Å²) in [5.74, 6) is -3.37. The Kier molecular flexibility index (Phi) is 5.96. The van der Waals surface area contributed by atoms with E-state index in [0.29, 0.717) is 17.8 Å². The Labute approximate surface area is 175 Å². The minimum atomic E-state index is -1.79. The molecule has 5 N–H and O–H groups in total. The van der Waals surface area contributed by atoms with Crippen molar-refractivity contribution in [3.63, 3.8) is 0 Å². The molecular formula is C24H26N2O4. The molecule has 2 aromatic rings. The first-order valence-corrected chi connectivity index (χ1v) is 9.71. The number of hydrogen-bond donors (Lipinski definition) is 3. The van der Waals surface area contributed by atoms with Crippen molar-refractivity contribution < 1.29 is 19.4 Å². The minimum Gasteiger partial charge on any atom is -0.480 e. The highest BCUT2D eigenvalue weighted by Crippen LogP contribution is 2.67. The number of hydrogen-bond acceptors (Lipinski definition) is 5. The molecule has 2 aromatic carbocycles. The molecule has 0 bridgehead atoms. The van der Waals surface area contributed by atoms with Gasteiger partial charge in [0.1, 0.15) is 6.61 Å². The van der Waals surface area contributed by atoms with E-state index < -0.39 is 29.2 Å². The summed E-state index contributed by atoms with van der Waals surface area (Å²) in [5.41, 5.74) is 12.4. The number of carbonyl (C=O) groups excluding carboxylic acids is 1. The van der Waals surface area contributed by atoms with E-state index in [1.807, 2.05) is 0 Å². The molecular weight excluding hydrogens is 380 g/mol. The van der Waals surface area contributed by atoms with Crippen molar-refractivity contribution in [2.24, 2.45) is 11.3 Å². The monoisotopic (exact) mass is 406 g/mol. The zero-order valence-corrected chi connectivity index (χ0v) is 16.7. The van der Waals surface area contributed by atoms with Crippen molar-refractivity contribution >= 4 is 23.3 Å². The van der Waals surface area contributed by atoms with Crippen LogP contribution in [0.1, 0.15) is 29.4 Å². The van der Waals surface area contributed by atoms with Gasteiger partial charge in [-0.15, -0.1) is 6.58 Å². The van der Waals surface area contributed by atoms with Gasteiger partial charge in [-0.05, 0) is 47.7 Å². The molecule has 1 fully saturated rings. The van der Waals surface area contributed by atoms with Gasteiger partial charge in [-0.3, -0.25) is 9.59 Å². The largest absolute Gasteiger partial charge is 0.480 e. The summed E-state index contributed by atoms with van der Waals surface area (Å²) in [6.45, 7) is 7.33. The van der Waals surface area contributed by atoms with Gasteiger partial charge in [-0.1, -0.05) is 43.0 Å². The van der Waals surface area contributed by atoms with Crippen molar-refractivity contribution in [3.05, 3.63) is 85.0 Å². The average Bonchev–Trinajstić information content (AvgIpc) is 2.71. The molecule has 0 spiro atoms. The van der Waals surface area contributed by atoms with E-state index in [1.54, 1.807) is 54.6 Å². The molecule has 0 aliphatic heterocycles. The maximum atomic E-state index is 13.3. The smallest absolute Gasteiger partial charge is 0.325 e. The highest BCUT2D eigenvalue weighted by atomic mass is 16.5. The maximum Gasteiger partial charge on any atom is 0.325 e. The van der Waals surface area contributed by atoms with Gasteiger partial charge in [0.15, 0.2) is 5.41 Å². The number of ether oxygens (including phenoxy) is 1. The number of rotatable bonds is 8. The third-order valence-electron chi connectivity index (χ3n) is 5.89. The quantitative estimate of drug-likeness (QED) is 0.266. The summed E-state index contributed by atoms with van der Waals surface area (Å²) in [4.78, 5) is 26.0. The molecule has 0 radical (unpaired) electrons. The number of nitrogen functional groups attached to an aromatic ring is 2. The van der Waals surface area contributed by atoms with Crippen LogP contribution in [-0.2, 0) is 14.3 Å². The number of carbonyl (C=O) groups is 2. The minimum absolute atomic E-state index is 0.0666. The van der Waals surface area contributed by atoms with Crippen molar-refractivity contribution in [1.29, 1.82) is 0 Å². The SMILES string of the molecule is C=CCOC(=O)C1(C(=O)O)C(c2ccc(N)cc2)C(CC=C)C1c1ccc(N)cc1. The van der Waals surface area contributed by atoms with Gasteiger partial charge >= 0.3 is 11.9 Å². The van der Waals surface area contributed by atoms with Crippen LogP contribution in [0, 0.1) is 11.3 Å². The van der Waals surface area contributed by atoms with Crippen LogP contribution in [0.5, 0.6) is 0 Å². The normalized spacial score (nSPS) is 25.0.